The van der Waals surface area contributed by atoms with Crippen LogP contribution in [0.2, 0.25) is 0 Å². The number of fused-ring (bicyclic) bond motifs is 3. The van der Waals surface area contributed by atoms with Crippen molar-refractivity contribution in [3.8, 4) is 5.75 Å². The lowest BCUT2D eigenvalue weighted by molar-refractivity contribution is -0.0785. The van der Waals surface area contributed by atoms with Crippen LogP contribution in [0.1, 0.15) is 30.6 Å². The van der Waals surface area contributed by atoms with Gasteiger partial charge in [0.25, 0.3) is 0 Å². The van der Waals surface area contributed by atoms with Gasteiger partial charge in [-0.25, -0.2) is 0 Å². The topological polar surface area (TPSA) is 21.7 Å². The second-order valence-corrected chi connectivity index (χ2v) is 5.05. The van der Waals surface area contributed by atoms with Crippen LogP contribution in [0, 0.1) is 0 Å². The van der Waals surface area contributed by atoms with Gasteiger partial charge in [0.15, 0.2) is 0 Å². The molecule has 0 saturated carbocycles. The van der Waals surface area contributed by atoms with Crippen molar-refractivity contribution in [3.63, 3.8) is 0 Å². The highest BCUT2D eigenvalue weighted by Gasteiger charge is 2.37. The Kier molecular flexibility index (Phi) is 3.27. The largest absolute Gasteiger partial charge is 0.496 e. The van der Waals surface area contributed by atoms with Crippen LogP contribution in [-0.4, -0.2) is 37.7 Å². The van der Waals surface area contributed by atoms with Crippen molar-refractivity contribution in [1.29, 1.82) is 0 Å². The lowest BCUT2D eigenvalue weighted by Crippen LogP contribution is -2.48. The highest BCUT2D eigenvalue weighted by Crippen LogP contribution is 2.40. The summed E-state index contributed by atoms with van der Waals surface area (Å²) in [6, 6.07) is 6.88. The molecule has 2 aliphatic rings. The Labute approximate surface area is 109 Å². The van der Waals surface area contributed by atoms with Gasteiger partial charge in [0.2, 0.25) is 0 Å². The van der Waals surface area contributed by atoms with Crippen LogP contribution in [0.4, 0.5) is 0 Å². The molecule has 1 unspecified atom stereocenters. The summed E-state index contributed by atoms with van der Waals surface area (Å²) >= 11 is 0. The zero-order valence-corrected chi connectivity index (χ0v) is 11.2. The first-order chi connectivity index (χ1) is 8.85. The predicted octanol–water partition coefficient (Wildman–Crippen LogP) is 2.40. The number of hydrogen-bond donors (Lipinski definition) is 0. The first-order valence-electron chi connectivity index (χ1n) is 6.86. The average Bonchev–Trinajstić information content (AvgIpc) is 2.45. The van der Waals surface area contributed by atoms with Crippen molar-refractivity contribution in [1.82, 2.24) is 4.90 Å². The van der Waals surface area contributed by atoms with Crippen molar-refractivity contribution < 1.29 is 9.47 Å². The molecule has 1 aliphatic heterocycles. The third-order valence-electron chi connectivity index (χ3n) is 4.29. The highest BCUT2D eigenvalue weighted by atomic mass is 16.5. The van der Waals surface area contributed by atoms with Crippen molar-refractivity contribution in [2.24, 2.45) is 0 Å². The molecule has 1 heterocycles. The molecule has 0 spiro atoms. The maximum Gasteiger partial charge on any atom is 0.122 e. The molecular weight excluding hydrogens is 226 g/mol. The van der Waals surface area contributed by atoms with E-state index in [1.807, 2.05) is 0 Å². The first kappa shape index (κ1) is 12.0. The van der Waals surface area contributed by atoms with Crippen molar-refractivity contribution in [2.45, 2.75) is 31.9 Å². The maximum absolute atomic E-state index is 6.04. The predicted molar refractivity (Wildman–Crippen MR) is 71.0 cm³/mol. The Morgan fingerprint density at radius 1 is 1.44 bits per heavy atom. The summed E-state index contributed by atoms with van der Waals surface area (Å²) < 4.78 is 11.5. The molecule has 3 rings (SSSR count). The smallest absolute Gasteiger partial charge is 0.122 e. The molecule has 18 heavy (non-hydrogen) atoms. The van der Waals surface area contributed by atoms with Gasteiger partial charge in [-0.05, 0) is 31.0 Å². The minimum absolute atomic E-state index is 0.234. The molecule has 0 radical (unpaired) electrons. The number of morpholine rings is 1. The van der Waals surface area contributed by atoms with Gasteiger partial charge < -0.3 is 9.47 Å². The molecule has 1 aromatic carbocycles. The van der Waals surface area contributed by atoms with Crippen LogP contribution in [0.5, 0.6) is 5.75 Å². The number of methoxy groups -OCH3 is 1. The fraction of sp³-hybridized carbons (Fsp3) is 0.600. The van der Waals surface area contributed by atoms with E-state index in [1.165, 1.54) is 17.5 Å². The molecule has 0 bridgehead atoms. The van der Waals surface area contributed by atoms with Crippen LogP contribution in [-0.2, 0) is 11.2 Å². The van der Waals surface area contributed by atoms with E-state index in [4.69, 9.17) is 9.47 Å². The summed E-state index contributed by atoms with van der Waals surface area (Å²) in [4.78, 5) is 2.55. The van der Waals surface area contributed by atoms with E-state index < -0.39 is 0 Å². The van der Waals surface area contributed by atoms with E-state index in [9.17, 15) is 0 Å². The van der Waals surface area contributed by atoms with Crippen molar-refractivity contribution >= 4 is 0 Å². The number of likely N-dealkylation sites (N-methyl/N-ethyl adjacent to an activating group) is 1. The lowest BCUT2D eigenvalue weighted by Gasteiger charge is -2.44. The molecule has 0 amide bonds. The molecule has 1 aromatic rings. The van der Waals surface area contributed by atoms with Crippen molar-refractivity contribution in [2.75, 3.05) is 26.8 Å². The molecule has 0 aromatic heterocycles. The number of hydrogen-bond acceptors (Lipinski definition) is 3. The monoisotopic (exact) mass is 247 g/mol. The lowest BCUT2D eigenvalue weighted by atomic mass is 9.83. The second kappa shape index (κ2) is 4.90. The van der Waals surface area contributed by atoms with Crippen LogP contribution >= 0.6 is 0 Å². The number of nitrogens with zero attached hydrogens (tertiary/aromatic N) is 1. The maximum atomic E-state index is 6.04. The third kappa shape index (κ3) is 1.82. The Bertz CT molecular complexity index is 433. The van der Waals surface area contributed by atoms with Crippen LogP contribution in [0.15, 0.2) is 18.2 Å². The van der Waals surface area contributed by atoms with E-state index in [0.29, 0.717) is 6.04 Å². The standard InChI is InChI=1S/C15H21NO2/c1-3-16-9-10-18-15-12-5-4-6-14(17-2)11(12)7-8-13(15)16/h4-6,13,15H,3,7-10H2,1-2H3/t13-,15?/m1/s1. The number of benzene rings is 1. The summed E-state index contributed by atoms with van der Waals surface area (Å²) in [7, 11) is 1.75. The fourth-order valence-electron chi connectivity index (χ4n) is 3.39. The van der Waals surface area contributed by atoms with Gasteiger partial charge in [0, 0.05) is 18.2 Å². The zero-order valence-electron chi connectivity index (χ0n) is 11.2. The Morgan fingerprint density at radius 3 is 3.11 bits per heavy atom. The summed E-state index contributed by atoms with van der Waals surface area (Å²) in [5.74, 6) is 1.02. The molecular formula is C15H21NO2. The Morgan fingerprint density at radius 2 is 2.33 bits per heavy atom. The minimum atomic E-state index is 0.234. The van der Waals surface area contributed by atoms with Crippen LogP contribution < -0.4 is 4.74 Å². The van der Waals surface area contributed by atoms with E-state index in [1.54, 1.807) is 7.11 Å². The molecule has 3 nitrogen and oxygen atoms in total. The van der Waals surface area contributed by atoms with E-state index in [-0.39, 0.29) is 6.10 Å². The highest BCUT2D eigenvalue weighted by molar-refractivity contribution is 5.44. The summed E-state index contributed by atoms with van der Waals surface area (Å²) in [6.07, 6.45) is 2.50. The molecule has 1 fully saturated rings. The molecule has 0 N–H and O–H groups in total. The molecule has 98 valence electrons. The molecule has 1 saturated heterocycles. The van der Waals surface area contributed by atoms with Gasteiger partial charge in [0.1, 0.15) is 5.75 Å². The van der Waals surface area contributed by atoms with Crippen molar-refractivity contribution in [3.05, 3.63) is 29.3 Å². The first-order valence-corrected chi connectivity index (χ1v) is 6.86. The quantitative estimate of drug-likeness (QED) is 0.801. The Balaban J connectivity index is 1.98. The van der Waals surface area contributed by atoms with Gasteiger partial charge in [0.05, 0.1) is 19.8 Å². The third-order valence-corrected chi connectivity index (χ3v) is 4.29. The fourth-order valence-corrected chi connectivity index (χ4v) is 3.39. The summed E-state index contributed by atoms with van der Waals surface area (Å²) in [5.41, 5.74) is 2.68. The van der Waals surface area contributed by atoms with Gasteiger partial charge >= 0.3 is 0 Å². The van der Waals surface area contributed by atoms with Gasteiger partial charge in [-0.1, -0.05) is 19.1 Å². The van der Waals surface area contributed by atoms with E-state index >= 15 is 0 Å². The van der Waals surface area contributed by atoms with Crippen LogP contribution in [0.25, 0.3) is 0 Å². The summed E-state index contributed by atoms with van der Waals surface area (Å²) in [6.45, 7) is 5.26. The molecule has 3 heteroatoms. The SMILES string of the molecule is CCN1CCOC2c3cccc(OC)c3CC[C@H]21. The second-order valence-electron chi connectivity index (χ2n) is 5.05. The van der Waals surface area contributed by atoms with E-state index in [0.717, 1.165) is 31.9 Å². The molecule has 2 atom stereocenters. The van der Waals surface area contributed by atoms with Gasteiger partial charge in [-0.3, -0.25) is 4.90 Å². The van der Waals surface area contributed by atoms with Crippen LogP contribution in [0.3, 0.4) is 0 Å². The minimum Gasteiger partial charge on any atom is -0.496 e. The average molecular weight is 247 g/mol. The van der Waals surface area contributed by atoms with E-state index in [2.05, 4.69) is 30.0 Å². The van der Waals surface area contributed by atoms with Gasteiger partial charge in [-0.15, -0.1) is 0 Å². The molecule has 1 aliphatic carbocycles. The summed E-state index contributed by atoms with van der Waals surface area (Å²) in [5, 5.41) is 0. The normalized spacial score (nSPS) is 27.4. The number of rotatable bonds is 2. The van der Waals surface area contributed by atoms with Gasteiger partial charge in [-0.2, -0.15) is 0 Å². The zero-order chi connectivity index (χ0) is 12.5. The number of ether oxygens (including phenoxy) is 2. The Hall–Kier alpha value is -1.06.